The van der Waals surface area contributed by atoms with E-state index in [1.54, 1.807) is 0 Å². The zero-order valence-electron chi connectivity index (χ0n) is 37.1. The molecule has 0 aromatic heterocycles. The summed E-state index contributed by atoms with van der Waals surface area (Å²) in [6.45, 7) is 4.75. The van der Waals surface area contributed by atoms with E-state index in [2.05, 4.69) is 267 Å². The minimum absolute atomic E-state index is 0.133. The summed E-state index contributed by atoms with van der Waals surface area (Å²) >= 11 is 0. The Kier molecular flexibility index (Phi) is 9.58. The van der Waals surface area contributed by atoms with Crippen molar-refractivity contribution in [3.63, 3.8) is 0 Å². The van der Waals surface area contributed by atoms with Crippen LogP contribution < -0.4 is 4.90 Å². The second-order valence-corrected chi connectivity index (χ2v) is 18.1. The van der Waals surface area contributed by atoms with Crippen LogP contribution >= 0.6 is 0 Å². The average Bonchev–Trinajstić information content (AvgIpc) is 3.62. The molecule has 0 aliphatic heterocycles. The standard InChI is InChI=1S/C65H47N/c1-65(2)63-32-12-11-27-60(63)61-31-16-29-57(64(61)65)50-23-14-25-53(42-50)66(52-24-13-22-49(41-52)55-28-15-30-58-54-26-10-9-21-47(54)35-40-59(55)58)51-37-33-44(34-38-51)48-36-39-56(45-17-5-3-6-18-45)62(43-48)46-19-7-4-8-20-46/h3-43H,1-2H3. The van der Waals surface area contributed by atoms with Crippen molar-refractivity contribution in [1.82, 2.24) is 0 Å². The van der Waals surface area contributed by atoms with Gasteiger partial charge in [-0.2, -0.15) is 0 Å². The molecular weight excluding hydrogens is 795 g/mol. The van der Waals surface area contributed by atoms with Crippen molar-refractivity contribution in [3.05, 3.63) is 260 Å². The molecule has 11 aromatic rings. The Bertz CT molecular complexity index is 3600. The van der Waals surface area contributed by atoms with Gasteiger partial charge in [0.1, 0.15) is 0 Å². The van der Waals surface area contributed by atoms with E-state index in [0.717, 1.165) is 17.1 Å². The minimum atomic E-state index is -0.133. The Balaban J connectivity index is 0.994. The van der Waals surface area contributed by atoms with Gasteiger partial charge in [-0.1, -0.05) is 220 Å². The number of hydrogen-bond donors (Lipinski definition) is 0. The lowest BCUT2D eigenvalue weighted by Gasteiger charge is -2.28. The summed E-state index contributed by atoms with van der Waals surface area (Å²) in [5.74, 6) is 0. The van der Waals surface area contributed by atoms with E-state index < -0.39 is 0 Å². The maximum atomic E-state index is 2.42. The van der Waals surface area contributed by atoms with Crippen LogP contribution in [0.15, 0.2) is 249 Å². The summed E-state index contributed by atoms with van der Waals surface area (Å²) in [6, 6.07) is 91.3. The highest BCUT2D eigenvalue weighted by atomic mass is 15.1. The Morgan fingerprint density at radius 3 is 1.58 bits per heavy atom. The first kappa shape index (κ1) is 39.3. The van der Waals surface area contributed by atoms with Gasteiger partial charge in [-0.05, 0) is 142 Å². The number of hydrogen-bond acceptors (Lipinski definition) is 1. The van der Waals surface area contributed by atoms with E-state index in [1.165, 1.54) is 99.4 Å². The third kappa shape index (κ3) is 6.71. The molecule has 0 spiro atoms. The van der Waals surface area contributed by atoms with Gasteiger partial charge in [0.25, 0.3) is 0 Å². The molecule has 1 aliphatic carbocycles. The SMILES string of the molecule is CC1(C)c2ccccc2-c2cccc(-c3cccc(N(c4ccc(-c5ccc(-c6ccccc6)c(-c6ccccc6)c5)cc4)c4cccc(-c5cccc6c5ccc5ccccc56)c4)c3)c21. The van der Waals surface area contributed by atoms with Crippen LogP contribution in [0.2, 0.25) is 0 Å². The van der Waals surface area contributed by atoms with E-state index in [1.807, 2.05) is 0 Å². The molecule has 312 valence electrons. The van der Waals surface area contributed by atoms with Gasteiger partial charge in [-0.25, -0.2) is 0 Å². The van der Waals surface area contributed by atoms with E-state index in [0.29, 0.717) is 0 Å². The monoisotopic (exact) mass is 841 g/mol. The quantitative estimate of drug-likeness (QED) is 0.138. The molecule has 1 aliphatic rings. The van der Waals surface area contributed by atoms with Crippen LogP contribution in [0.4, 0.5) is 17.1 Å². The highest BCUT2D eigenvalue weighted by Gasteiger charge is 2.37. The van der Waals surface area contributed by atoms with E-state index in [-0.39, 0.29) is 5.41 Å². The molecule has 1 heteroatoms. The smallest absolute Gasteiger partial charge is 0.0467 e. The lowest BCUT2D eigenvalue weighted by atomic mass is 9.79. The largest absolute Gasteiger partial charge is 0.310 e. The van der Waals surface area contributed by atoms with Crippen LogP contribution in [-0.4, -0.2) is 0 Å². The Morgan fingerprint density at radius 1 is 0.273 bits per heavy atom. The molecule has 1 nitrogen and oxygen atoms in total. The Morgan fingerprint density at radius 2 is 0.818 bits per heavy atom. The minimum Gasteiger partial charge on any atom is -0.310 e. The summed E-state index contributed by atoms with van der Waals surface area (Å²) in [4.78, 5) is 2.42. The first-order chi connectivity index (χ1) is 32.5. The van der Waals surface area contributed by atoms with Gasteiger partial charge in [-0.3, -0.25) is 0 Å². The molecule has 0 heterocycles. The summed E-state index contributed by atoms with van der Waals surface area (Å²) in [5.41, 5.74) is 20.7. The molecule has 0 unspecified atom stereocenters. The lowest BCUT2D eigenvalue weighted by molar-refractivity contribution is 0.662. The molecule has 66 heavy (non-hydrogen) atoms. The van der Waals surface area contributed by atoms with Gasteiger partial charge in [-0.15, -0.1) is 0 Å². The van der Waals surface area contributed by atoms with Crippen molar-refractivity contribution < 1.29 is 0 Å². The van der Waals surface area contributed by atoms with Crippen LogP contribution in [0.1, 0.15) is 25.0 Å². The molecule has 0 atom stereocenters. The van der Waals surface area contributed by atoms with Gasteiger partial charge in [0.2, 0.25) is 0 Å². The van der Waals surface area contributed by atoms with Gasteiger partial charge >= 0.3 is 0 Å². The second kappa shape index (κ2) is 16.1. The first-order valence-electron chi connectivity index (χ1n) is 23.0. The van der Waals surface area contributed by atoms with Gasteiger partial charge < -0.3 is 4.90 Å². The summed E-state index contributed by atoms with van der Waals surface area (Å²) < 4.78 is 0. The van der Waals surface area contributed by atoms with Crippen molar-refractivity contribution in [2.45, 2.75) is 19.3 Å². The van der Waals surface area contributed by atoms with Crippen LogP contribution in [0.5, 0.6) is 0 Å². The molecule has 11 aromatic carbocycles. The third-order valence-corrected chi connectivity index (χ3v) is 13.8. The number of anilines is 3. The fourth-order valence-corrected chi connectivity index (χ4v) is 10.7. The summed E-state index contributed by atoms with van der Waals surface area (Å²) in [7, 11) is 0. The van der Waals surface area contributed by atoms with Crippen molar-refractivity contribution in [2.24, 2.45) is 0 Å². The number of benzene rings is 11. The van der Waals surface area contributed by atoms with Crippen LogP contribution in [0.25, 0.3) is 88.3 Å². The molecular formula is C65H47N. The normalized spacial score (nSPS) is 12.5. The maximum Gasteiger partial charge on any atom is 0.0467 e. The highest BCUT2D eigenvalue weighted by molar-refractivity contribution is 6.12. The van der Waals surface area contributed by atoms with Crippen molar-refractivity contribution >= 4 is 38.6 Å². The summed E-state index contributed by atoms with van der Waals surface area (Å²) in [6.07, 6.45) is 0. The van der Waals surface area contributed by atoms with Crippen LogP contribution in [0, 0.1) is 0 Å². The highest BCUT2D eigenvalue weighted by Crippen LogP contribution is 2.52. The van der Waals surface area contributed by atoms with E-state index >= 15 is 0 Å². The predicted octanol–water partition coefficient (Wildman–Crippen LogP) is 18.1. The molecule has 0 saturated heterocycles. The predicted molar refractivity (Wildman–Crippen MR) is 281 cm³/mol. The van der Waals surface area contributed by atoms with Crippen LogP contribution in [0.3, 0.4) is 0 Å². The number of fused-ring (bicyclic) bond motifs is 6. The summed E-state index contributed by atoms with van der Waals surface area (Å²) in [5, 5.41) is 5.05. The zero-order chi connectivity index (χ0) is 44.2. The lowest BCUT2D eigenvalue weighted by Crippen LogP contribution is -2.16. The molecule has 0 saturated carbocycles. The van der Waals surface area contributed by atoms with Crippen molar-refractivity contribution in [2.75, 3.05) is 4.90 Å². The molecule has 0 bridgehead atoms. The third-order valence-electron chi connectivity index (χ3n) is 13.8. The van der Waals surface area contributed by atoms with E-state index in [4.69, 9.17) is 0 Å². The maximum absolute atomic E-state index is 2.42. The molecule has 0 amide bonds. The molecule has 0 N–H and O–H groups in total. The van der Waals surface area contributed by atoms with Gasteiger partial charge in [0.15, 0.2) is 0 Å². The van der Waals surface area contributed by atoms with Gasteiger partial charge in [0.05, 0.1) is 0 Å². The molecule has 12 rings (SSSR count). The molecule has 0 radical (unpaired) electrons. The fraction of sp³-hybridized carbons (Fsp3) is 0.0462. The molecule has 0 fully saturated rings. The van der Waals surface area contributed by atoms with Crippen molar-refractivity contribution in [1.29, 1.82) is 0 Å². The Labute approximate surface area is 387 Å². The zero-order valence-corrected chi connectivity index (χ0v) is 37.1. The van der Waals surface area contributed by atoms with Crippen LogP contribution in [-0.2, 0) is 5.41 Å². The fourth-order valence-electron chi connectivity index (χ4n) is 10.7. The Hall–Kier alpha value is -8.26. The number of nitrogens with zero attached hydrogens (tertiary/aromatic N) is 1. The average molecular weight is 842 g/mol. The second-order valence-electron chi connectivity index (χ2n) is 18.1. The topological polar surface area (TPSA) is 3.24 Å². The van der Waals surface area contributed by atoms with Crippen molar-refractivity contribution in [3.8, 4) is 66.8 Å². The number of rotatable bonds is 8. The first-order valence-corrected chi connectivity index (χ1v) is 23.0. The van der Waals surface area contributed by atoms with E-state index in [9.17, 15) is 0 Å². The van der Waals surface area contributed by atoms with Gasteiger partial charge in [0, 0.05) is 22.5 Å².